The van der Waals surface area contributed by atoms with E-state index in [0.29, 0.717) is 64.4 Å². The van der Waals surface area contributed by atoms with Crippen LogP contribution >= 0.6 is 0 Å². The van der Waals surface area contributed by atoms with Crippen LogP contribution in [0.25, 0.3) is 11.1 Å². The molecule has 0 bridgehead atoms. The normalized spacial score (nSPS) is 13.9. The number of ether oxygens (including phenoxy) is 4. The molecule has 0 aromatic heterocycles. The molecule has 1 amide bonds. The van der Waals surface area contributed by atoms with Crippen LogP contribution in [0.4, 0.5) is 0 Å². The molecule has 478 valence electrons. The zero-order valence-corrected chi connectivity index (χ0v) is 58.3. The van der Waals surface area contributed by atoms with Gasteiger partial charge in [-0.3, -0.25) is 9.59 Å². The molecule has 1 atom stereocenters. The second kappa shape index (κ2) is 35.7. The Morgan fingerprint density at radius 1 is 0.453 bits per heavy atom. The lowest BCUT2D eigenvalue weighted by molar-refractivity contribution is -0.147. The topological polar surface area (TPSA) is 102 Å². The van der Waals surface area contributed by atoms with Gasteiger partial charge in [-0.15, -0.1) is 0 Å². The zero-order chi connectivity index (χ0) is 62.2. The Labute approximate surface area is 525 Å². The van der Waals surface area contributed by atoms with Crippen molar-refractivity contribution in [1.82, 2.24) is 5.32 Å². The van der Waals surface area contributed by atoms with Crippen LogP contribution in [0.5, 0.6) is 23.0 Å². The minimum atomic E-state index is -1.77. The number of carbonyl (C=O) groups excluding carboxylic acids is 2. The van der Waals surface area contributed by atoms with Crippen molar-refractivity contribution in [3.8, 4) is 34.1 Å². The van der Waals surface area contributed by atoms with E-state index in [1.807, 2.05) is 48.5 Å². The lowest BCUT2D eigenvalue weighted by Crippen LogP contribution is -2.47. The Morgan fingerprint density at radius 3 is 1.19 bits per heavy atom. The molecule has 11 heteroatoms. The van der Waals surface area contributed by atoms with E-state index in [2.05, 4.69) is 139 Å². The number of fused-ring (bicyclic) bond motifs is 5. The molecule has 1 aliphatic carbocycles. The molecular formula is C75H117NO8Si2. The quantitative estimate of drug-likeness (QED) is 0.0266. The summed E-state index contributed by atoms with van der Waals surface area (Å²) in [5.74, 6) is 1.75. The Kier molecular flexibility index (Phi) is 29.3. The smallest absolute Gasteiger partial charge is 0.306 e. The molecule has 0 saturated carbocycles. The van der Waals surface area contributed by atoms with E-state index < -0.39 is 28.6 Å². The van der Waals surface area contributed by atoms with Gasteiger partial charge in [0.05, 0.1) is 25.7 Å². The van der Waals surface area contributed by atoms with Gasteiger partial charge in [-0.05, 0) is 118 Å². The lowest BCUT2D eigenvalue weighted by Gasteiger charge is -2.42. The maximum atomic E-state index is 14.7. The SMILES string of the molecule is CC(C)C[C@H](CC(=O)OCC1c2ccccc2-c2ccccc21)C(=O)NC1c2ccc(OCCCCCCCCCCCO[Si](C(C)C)(C(C)C)C(C)C)cc2Oc2cc(OCCCCCCCCCCCO[Si](C(C)C)(C(C)C)C(C)C)ccc21. The van der Waals surface area contributed by atoms with E-state index in [9.17, 15) is 9.59 Å². The van der Waals surface area contributed by atoms with Crippen molar-refractivity contribution in [3.63, 3.8) is 0 Å². The summed E-state index contributed by atoms with van der Waals surface area (Å²) in [5.41, 5.74) is 10.2. The monoisotopic (exact) mass is 1220 g/mol. The van der Waals surface area contributed by atoms with Crippen LogP contribution in [0.1, 0.15) is 260 Å². The molecule has 0 radical (unpaired) electrons. The van der Waals surface area contributed by atoms with Gasteiger partial charge in [0, 0.05) is 48.3 Å². The van der Waals surface area contributed by atoms with E-state index in [4.69, 9.17) is 27.8 Å². The van der Waals surface area contributed by atoms with Crippen molar-refractivity contribution < 1.29 is 37.4 Å². The predicted octanol–water partition coefficient (Wildman–Crippen LogP) is 21.6. The average Bonchev–Trinajstić information content (AvgIpc) is 1.45. The number of esters is 1. The van der Waals surface area contributed by atoms with Gasteiger partial charge in [-0.25, -0.2) is 0 Å². The standard InChI is InChI=1S/C75H117NO8Si2/c1-54(2)49-61(50-73(77)81-53-70-66-39-31-29-37-64(66)65-38-30-32-40-67(65)70)75(78)76-74-68-43-41-62(79-45-33-25-21-17-15-19-23-27-35-47-82-85(55(3)4,56(5)6)57(7)8)51-71(68)84-72-52-63(42-44-69(72)74)80-46-34-26-22-18-16-20-24-28-36-48-83-86(58(9)10,59(11)12)60(13)14/h29-32,37-44,51-52,54-61,70,74H,15-28,33-36,45-50,53H2,1-14H3,(H,76,78)/t61-/m1/s1. The maximum Gasteiger partial charge on any atom is 0.306 e. The maximum absolute atomic E-state index is 14.7. The second-order valence-corrected chi connectivity index (χ2v) is 38.7. The van der Waals surface area contributed by atoms with Gasteiger partial charge in [0.25, 0.3) is 0 Å². The van der Waals surface area contributed by atoms with Crippen molar-refractivity contribution in [3.05, 3.63) is 107 Å². The number of carbonyl (C=O) groups is 2. The molecule has 0 spiro atoms. The molecule has 4 aromatic rings. The van der Waals surface area contributed by atoms with Crippen molar-refractivity contribution in [2.45, 2.75) is 271 Å². The number of hydrogen-bond donors (Lipinski definition) is 1. The Balaban J connectivity index is 0.997. The summed E-state index contributed by atoms with van der Waals surface area (Å²) in [6.07, 6.45) is 22.2. The van der Waals surface area contributed by atoms with Gasteiger partial charge in [0.15, 0.2) is 16.6 Å². The highest BCUT2D eigenvalue weighted by Gasteiger charge is 2.46. The van der Waals surface area contributed by atoms with Crippen LogP contribution in [0.2, 0.25) is 33.2 Å². The van der Waals surface area contributed by atoms with Crippen LogP contribution < -0.4 is 19.5 Å². The first-order valence-electron chi connectivity index (χ1n) is 34.4. The van der Waals surface area contributed by atoms with Crippen LogP contribution in [0.3, 0.4) is 0 Å². The van der Waals surface area contributed by atoms with E-state index in [-0.39, 0.29) is 36.7 Å². The van der Waals surface area contributed by atoms with Crippen molar-refractivity contribution in [2.75, 3.05) is 33.0 Å². The Hall–Kier alpha value is -4.43. The highest BCUT2D eigenvalue weighted by atomic mass is 28.4. The van der Waals surface area contributed by atoms with Crippen LogP contribution in [0.15, 0.2) is 84.9 Å². The molecule has 86 heavy (non-hydrogen) atoms. The van der Waals surface area contributed by atoms with Gasteiger partial charge in [0.2, 0.25) is 5.91 Å². The number of hydrogen-bond acceptors (Lipinski definition) is 8. The molecule has 1 N–H and O–H groups in total. The fraction of sp³-hybridized carbons (Fsp3) is 0.653. The van der Waals surface area contributed by atoms with E-state index in [0.717, 1.165) is 72.6 Å². The minimum Gasteiger partial charge on any atom is -0.493 e. The molecule has 1 heterocycles. The van der Waals surface area contributed by atoms with Crippen LogP contribution in [0, 0.1) is 11.8 Å². The highest BCUT2D eigenvalue weighted by Crippen LogP contribution is 2.48. The molecule has 0 fully saturated rings. The molecule has 6 rings (SSSR count). The fourth-order valence-corrected chi connectivity index (χ4v) is 26.0. The number of unbranched alkanes of at least 4 members (excludes halogenated alkanes) is 16. The molecule has 4 aromatic carbocycles. The zero-order valence-electron chi connectivity index (χ0n) is 56.3. The number of nitrogens with one attached hydrogen (secondary N) is 1. The summed E-state index contributed by atoms with van der Waals surface area (Å²) >= 11 is 0. The van der Waals surface area contributed by atoms with Gasteiger partial charge >= 0.3 is 5.97 Å². The minimum absolute atomic E-state index is 0.0106. The second-order valence-electron chi connectivity index (χ2n) is 27.8. The number of rotatable bonds is 42. The first kappa shape index (κ1) is 70.7. The van der Waals surface area contributed by atoms with Gasteiger partial charge in [0.1, 0.15) is 29.6 Å². The summed E-state index contributed by atoms with van der Waals surface area (Å²) in [7, 11) is -3.55. The third-order valence-corrected chi connectivity index (χ3v) is 31.5. The molecule has 1 aliphatic heterocycles. The van der Waals surface area contributed by atoms with Crippen molar-refractivity contribution in [2.24, 2.45) is 11.8 Å². The molecule has 9 nitrogen and oxygen atoms in total. The molecule has 0 saturated heterocycles. The number of benzene rings is 4. The number of amides is 1. The third-order valence-electron chi connectivity index (χ3n) is 19.2. The summed E-state index contributed by atoms with van der Waals surface area (Å²) in [6.45, 7) is 35.9. The summed E-state index contributed by atoms with van der Waals surface area (Å²) in [6, 6.07) is 28.1. The van der Waals surface area contributed by atoms with Crippen LogP contribution in [-0.2, 0) is 23.2 Å². The lowest BCUT2D eigenvalue weighted by atomic mass is 9.90. The average molecular weight is 1220 g/mol. The first-order valence-corrected chi connectivity index (χ1v) is 38.7. The fourth-order valence-electron chi connectivity index (χ4n) is 15.1. The van der Waals surface area contributed by atoms with Gasteiger partial charge in [-0.1, -0.05) is 235 Å². The van der Waals surface area contributed by atoms with E-state index in [1.54, 1.807) is 0 Å². The Bertz CT molecular complexity index is 2450. The molecule has 2 aliphatic rings. The first-order chi connectivity index (χ1) is 41.3. The van der Waals surface area contributed by atoms with Crippen molar-refractivity contribution >= 4 is 28.5 Å². The highest BCUT2D eigenvalue weighted by molar-refractivity contribution is 6.78. The molecular weight excluding hydrogens is 1100 g/mol. The van der Waals surface area contributed by atoms with E-state index >= 15 is 0 Å². The third kappa shape index (κ3) is 19.5. The van der Waals surface area contributed by atoms with E-state index in [1.165, 1.54) is 101 Å². The van der Waals surface area contributed by atoms with Crippen LogP contribution in [-0.4, -0.2) is 61.5 Å². The van der Waals surface area contributed by atoms with Gasteiger partial charge in [-0.2, -0.15) is 0 Å². The van der Waals surface area contributed by atoms with Gasteiger partial charge < -0.3 is 33.1 Å². The predicted molar refractivity (Wildman–Crippen MR) is 363 cm³/mol. The summed E-state index contributed by atoms with van der Waals surface area (Å²) < 4.78 is 39.1. The summed E-state index contributed by atoms with van der Waals surface area (Å²) in [4.78, 5) is 28.5. The molecule has 0 unspecified atom stereocenters. The van der Waals surface area contributed by atoms with Crippen molar-refractivity contribution in [1.29, 1.82) is 0 Å². The Morgan fingerprint density at radius 2 is 0.814 bits per heavy atom. The largest absolute Gasteiger partial charge is 0.493 e. The summed E-state index contributed by atoms with van der Waals surface area (Å²) in [5, 5.41) is 3.41.